The molecule has 6 nitrogen and oxygen atoms in total. The molecule has 0 saturated heterocycles. The van der Waals surface area contributed by atoms with Gasteiger partial charge in [0.25, 0.3) is 0 Å². The largest absolute Gasteiger partial charge is 0.497 e. The van der Waals surface area contributed by atoms with E-state index in [1.807, 2.05) is 6.07 Å². The van der Waals surface area contributed by atoms with E-state index >= 15 is 0 Å². The molecule has 0 aromatic heterocycles. The topological polar surface area (TPSA) is 81.9 Å². The highest BCUT2D eigenvalue weighted by Gasteiger charge is 2.28. The molecule has 26 heavy (non-hydrogen) atoms. The van der Waals surface area contributed by atoms with Crippen LogP contribution in [0.2, 0.25) is 0 Å². The molecular weight excluding hydrogens is 352 g/mol. The van der Waals surface area contributed by atoms with Gasteiger partial charge in [-0.1, -0.05) is 12.1 Å². The first kappa shape index (κ1) is 18.5. The summed E-state index contributed by atoms with van der Waals surface area (Å²) in [6.45, 7) is 0.166. The van der Waals surface area contributed by atoms with Crippen molar-refractivity contribution in [3.63, 3.8) is 0 Å². The number of ether oxygens (including phenoxy) is 2. The third kappa shape index (κ3) is 3.64. The molecule has 1 saturated carbocycles. The second-order valence-corrected chi connectivity index (χ2v) is 8.52. The maximum atomic E-state index is 13.0. The van der Waals surface area contributed by atoms with Crippen LogP contribution in [0.3, 0.4) is 0 Å². The van der Waals surface area contributed by atoms with Crippen molar-refractivity contribution in [2.45, 2.75) is 30.2 Å². The number of hydrogen-bond acceptors (Lipinski definition) is 5. The van der Waals surface area contributed by atoms with Gasteiger partial charge >= 0.3 is 0 Å². The number of hydrogen-bond donors (Lipinski definition) is 1. The Morgan fingerprint density at radius 1 is 1.12 bits per heavy atom. The Morgan fingerprint density at radius 3 is 2.42 bits per heavy atom. The predicted octanol–water partition coefficient (Wildman–Crippen LogP) is 2.98. The van der Waals surface area contributed by atoms with E-state index in [4.69, 9.17) is 15.2 Å². The minimum absolute atomic E-state index is 0.136. The summed E-state index contributed by atoms with van der Waals surface area (Å²) in [6, 6.07) is 10.6. The number of nitrogens with two attached hydrogens (primary N) is 1. The van der Waals surface area contributed by atoms with Crippen molar-refractivity contribution in [2.24, 2.45) is 0 Å². The lowest BCUT2D eigenvalue weighted by molar-refractivity contribution is 0.384. The van der Waals surface area contributed by atoms with Crippen LogP contribution in [0.5, 0.6) is 11.5 Å². The number of anilines is 1. The predicted molar refractivity (Wildman–Crippen MR) is 101 cm³/mol. The summed E-state index contributed by atoms with van der Waals surface area (Å²) in [5.74, 6) is 1.75. The van der Waals surface area contributed by atoms with E-state index in [2.05, 4.69) is 0 Å². The van der Waals surface area contributed by atoms with E-state index in [-0.39, 0.29) is 11.4 Å². The summed E-state index contributed by atoms with van der Waals surface area (Å²) in [5, 5.41) is 0. The fraction of sp³-hybridized carbons (Fsp3) is 0.368. The van der Waals surface area contributed by atoms with Crippen molar-refractivity contribution in [2.75, 3.05) is 27.0 Å². The van der Waals surface area contributed by atoms with E-state index in [9.17, 15) is 8.42 Å². The lowest BCUT2D eigenvalue weighted by atomic mass is 10.1. The van der Waals surface area contributed by atoms with E-state index in [1.165, 1.54) is 11.4 Å². The van der Waals surface area contributed by atoms with Crippen molar-refractivity contribution in [1.29, 1.82) is 0 Å². The van der Waals surface area contributed by atoms with Crippen LogP contribution in [-0.2, 0) is 16.6 Å². The van der Waals surface area contributed by atoms with Gasteiger partial charge in [-0.15, -0.1) is 0 Å². The van der Waals surface area contributed by atoms with Crippen LogP contribution in [0.1, 0.15) is 29.9 Å². The minimum atomic E-state index is -3.71. The highest BCUT2D eigenvalue weighted by atomic mass is 32.2. The summed E-state index contributed by atoms with van der Waals surface area (Å²) in [6.07, 6.45) is 2.28. The summed E-state index contributed by atoms with van der Waals surface area (Å²) in [5.41, 5.74) is 8.20. The zero-order chi connectivity index (χ0) is 18.9. The average Bonchev–Trinajstić information content (AvgIpc) is 3.46. The highest BCUT2D eigenvalue weighted by Crippen LogP contribution is 2.41. The molecule has 140 valence electrons. The van der Waals surface area contributed by atoms with Gasteiger partial charge in [0.1, 0.15) is 16.4 Å². The van der Waals surface area contributed by atoms with Gasteiger partial charge in [0, 0.05) is 25.2 Å². The Bertz CT molecular complexity index is 908. The molecule has 0 atom stereocenters. The van der Waals surface area contributed by atoms with Crippen molar-refractivity contribution in [3.8, 4) is 11.5 Å². The standard InChI is InChI=1S/C19H24N2O4S/c1-21(12-15-6-8-16(24-2)11-18(15)25-3)26(22,23)19-9-7-14(10-17(19)20)13-4-5-13/h6-11,13H,4-5,12,20H2,1-3H3. The number of rotatable bonds is 7. The third-order valence-corrected chi connectivity index (χ3v) is 6.54. The summed E-state index contributed by atoms with van der Waals surface area (Å²) in [4.78, 5) is 0.136. The zero-order valence-electron chi connectivity index (χ0n) is 15.2. The smallest absolute Gasteiger partial charge is 0.245 e. The van der Waals surface area contributed by atoms with Crippen LogP contribution < -0.4 is 15.2 Å². The molecule has 1 fully saturated rings. The first-order valence-electron chi connectivity index (χ1n) is 8.43. The fourth-order valence-electron chi connectivity index (χ4n) is 2.95. The number of nitrogen functional groups attached to an aromatic ring is 1. The summed E-state index contributed by atoms with van der Waals surface area (Å²) in [7, 11) is 0.938. The van der Waals surface area contributed by atoms with Crippen molar-refractivity contribution < 1.29 is 17.9 Å². The van der Waals surface area contributed by atoms with E-state index in [0.717, 1.165) is 24.0 Å². The van der Waals surface area contributed by atoms with Gasteiger partial charge in [-0.25, -0.2) is 8.42 Å². The van der Waals surface area contributed by atoms with Crippen LogP contribution in [0.4, 0.5) is 5.69 Å². The third-order valence-electron chi connectivity index (χ3n) is 4.66. The Balaban J connectivity index is 1.85. The van der Waals surface area contributed by atoms with Gasteiger partial charge in [0.15, 0.2) is 0 Å². The van der Waals surface area contributed by atoms with Crippen LogP contribution in [-0.4, -0.2) is 34.0 Å². The fourth-order valence-corrected chi connectivity index (χ4v) is 4.19. The molecule has 1 aliphatic rings. The molecule has 7 heteroatoms. The quantitative estimate of drug-likeness (QED) is 0.751. The number of methoxy groups -OCH3 is 2. The first-order valence-corrected chi connectivity index (χ1v) is 9.87. The Morgan fingerprint density at radius 2 is 1.85 bits per heavy atom. The van der Waals surface area contributed by atoms with E-state index in [1.54, 1.807) is 44.6 Å². The zero-order valence-corrected chi connectivity index (χ0v) is 16.0. The highest BCUT2D eigenvalue weighted by molar-refractivity contribution is 7.89. The SMILES string of the molecule is COc1ccc(CN(C)S(=O)(=O)c2ccc(C3CC3)cc2N)c(OC)c1. The summed E-state index contributed by atoms with van der Waals surface area (Å²) >= 11 is 0. The molecule has 0 aliphatic heterocycles. The van der Waals surface area contributed by atoms with Crippen LogP contribution in [0.15, 0.2) is 41.3 Å². The minimum Gasteiger partial charge on any atom is -0.497 e. The molecule has 0 unspecified atom stereocenters. The normalized spacial score (nSPS) is 14.5. The Kier molecular flexibility index (Phi) is 5.11. The molecule has 0 amide bonds. The lowest BCUT2D eigenvalue weighted by Crippen LogP contribution is -2.27. The van der Waals surface area contributed by atoms with Crippen LogP contribution in [0, 0.1) is 0 Å². The molecule has 1 aliphatic carbocycles. The van der Waals surface area contributed by atoms with Crippen LogP contribution in [0.25, 0.3) is 0 Å². The van der Waals surface area contributed by atoms with Gasteiger partial charge in [-0.2, -0.15) is 4.31 Å². The molecule has 0 radical (unpaired) electrons. The van der Waals surface area contributed by atoms with Gasteiger partial charge < -0.3 is 15.2 Å². The van der Waals surface area contributed by atoms with Crippen LogP contribution >= 0.6 is 0 Å². The summed E-state index contributed by atoms with van der Waals surface area (Å²) < 4.78 is 37.7. The second-order valence-electron chi connectivity index (χ2n) is 6.51. The average molecular weight is 376 g/mol. The lowest BCUT2D eigenvalue weighted by Gasteiger charge is -2.20. The van der Waals surface area contributed by atoms with Crippen molar-refractivity contribution in [1.82, 2.24) is 4.31 Å². The molecule has 2 aromatic rings. The van der Waals surface area contributed by atoms with E-state index in [0.29, 0.717) is 23.1 Å². The van der Waals surface area contributed by atoms with E-state index < -0.39 is 10.0 Å². The molecule has 0 heterocycles. The molecule has 2 aromatic carbocycles. The molecule has 0 bridgehead atoms. The molecule has 3 rings (SSSR count). The molecular formula is C19H24N2O4S. The molecule has 0 spiro atoms. The Hall–Kier alpha value is -2.25. The maximum absolute atomic E-state index is 13.0. The maximum Gasteiger partial charge on any atom is 0.245 e. The van der Waals surface area contributed by atoms with Crippen molar-refractivity contribution in [3.05, 3.63) is 47.5 Å². The van der Waals surface area contributed by atoms with Gasteiger partial charge in [0.2, 0.25) is 10.0 Å². The van der Waals surface area contributed by atoms with Gasteiger partial charge in [-0.3, -0.25) is 0 Å². The number of benzene rings is 2. The number of nitrogens with zero attached hydrogens (tertiary/aromatic N) is 1. The molecule has 2 N–H and O–H groups in total. The first-order chi connectivity index (χ1) is 12.4. The Labute approximate surface area is 154 Å². The van der Waals surface area contributed by atoms with Crippen molar-refractivity contribution >= 4 is 15.7 Å². The monoisotopic (exact) mass is 376 g/mol. The second kappa shape index (κ2) is 7.17. The van der Waals surface area contributed by atoms with Gasteiger partial charge in [-0.05, 0) is 42.5 Å². The van der Waals surface area contributed by atoms with Gasteiger partial charge in [0.05, 0.1) is 19.9 Å². The number of sulfonamides is 1.